The molecule has 0 aromatic heterocycles. The first-order valence-corrected chi connectivity index (χ1v) is 7.82. The van der Waals surface area contributed by atoms with E-state index in [2.05, 4.69) is 5.32 Å². The molecular formula is C15H27FN2O3. The molecule has 2 aliphatic rings. The molecule has 6 heteroatoms. The van der Waals surface area contributed by atoms with Crippen LogP contribution in [0.25, 0.3) is 0 Å². The van der Waals surface area contributed by atoms with Crippen molar-refractivity contribution in [2.75, 3.05) is 26.3 Å². The zero-order valence-electron chi connectivity index (χ0n) is 13.2. The second-order valence-electron chi connectivity index (χ2n) is 6.82. The summed E-state index contributed by atoms with van der Waals surface area (Å²) in [5.41, 5.74) is -0.570. The zero-order valence-corrected chi connectivity index (χ0v) is 13.2. The summed E-state index contributed by atoms with van der Waals surface area (Å²) in [5, 5.41) is 3.27. The molecule has 2 aliphatic heterocycles. The second kappa shape index (κ2) is 6.92. The van der Waals surface area contributed by atoms with Crippen molar-refractivity contribution in [3.63, 3.8) is 0 Å². The van der Waals surface area contributed by atoms with Gasteiger partial charge in [0.25, 0.3) is 0 Å². The van der Waals surface area contributed by atoms with Crippen LogP contribution in [0.4, 0.5) is 9.18 Å². The predicted octanol–water partition coefficient (Wildman–Crippen LogP) is 2.10. The number of rotatable bonds is 2. The Labute approximate surface area is 126 Å². The highest BCUT2D eigenvalue weighted by Crippen LogP contribution is 2.26. The molecule has 5 nitrogen and oxygen atoms in total. The zero-order chi connectivity index (χ0) is 15.5. The third-order valence-electron chi connectivity index (χ3n) is 3.92. The van der Waals surface area contributed by atoms with Crippen LogP contribution in [0.2, 0.25) is 0 Å². The molecule has 0 aromatic carbocycles. The van der Waals surface area contributed by atoms with Gasteiger partial charge in [-0.15, -0.1) is 0 Å². The first kappa shape index (κ1) is 16.5. The first-order chi connectivity index (χ1) is 9.88. The van der Waals surface area contributed by atoms with E-state index < -0.39 is 23.9 Å². The van der Waals surface area contributed by atoms with Gasteiger partial charge in [-0.2, -0.15) is 0 Å². The van der Waals surface area contributed by atoms with Crippen molar-refractivity contribution in [2.24, 2.45) is 0 Å². The fraction of sp³-hybridized carbons (Fsp3) is 0.933. The number of carbonyl (C=O) groups excluding carboxylic acids is 1. The number of nitrogens with zero attached hydrogens (tertiary/aromatic N) is 1. The van der Waals surface area contributed by atoms with E-state index in [0.717, 1.165) is 25.9 Å². The molecule has 0 spiro atoms. The lowest BCUT2D eigenvalue weighted by molar-refractivity contribution is -0.0548. The molecule has 2 saturated heterocycles. The van der Waals surface area contributed by atoms with Gasteiger partial charge in [0.05, 0.1) is 12.6 Å². The maximum atomic E-state index is 14.3. The molecule has 122 valence electrons. The Kier molecular flexibility index (Phi) is 5.43. The molecular weight excluding hydrogens is 275 g/mol. The summed E-state index contributed by atoms with van der Waals surface area (Å²) in [6.07, 6.45) is 0.668. The molecule has 0 unspecified atom stereocenters. The van der Waals surface area contributed by atoms with E-state index in [9.17, 15) is 9.18 Å². The third-order valence-corrected chi connectivity index (χ3v) is 3.92. The number of piperidine rings is 1. The van der Waals surface area contributed by atoms with Gasteiger partial charge in [-0.3, -0.25) is 4.90 Å². The Bertz CT molecular complexity index is 353. The molecule has 0 bridgehead atoms. The van der Waals surface area contributed by atoms with E-state index in [1.807, 2.05) is 20.8 Å². The minimum Gasteiger partial charge on any atom is -0.444 e. The third kappa shape index (κ3) is 4.54. The van der Waals surface area contributed by atoms with Gasteiger partial charge in [0.1, 0.15) is 11.8 Å². The van der Waals surface area contributed by atoms with Crippen molar-refractivity contribution in [2.45, 2.75) is 63.9 Å². The van der Waals surface area contributed by atoms with Gasteiger partial charge in [0.15, 0.2) is 0 Å². The fourth-order valence-electron chi connectivity index (χ4n) is 2.96. The van der Waals surface area contributed by atoms with E-state index in [-0.39, 0.29) is 12.6 Å². The van der Waals surface area contributed by atoms with Crippen molar-refractivity contribution < 1.29 is 18.7 Å². The number of hydrogen-bond acceptors (Lipinski definition) is 4. The van der Waals surface area contributed by atoms with E-state index in [4.69, 9.17) is 9.47 Å². The van der Waals surface area contributed by atoms with Crippen LogP contribution in [0, 0.1) is 0 Å². The van der Waals surface area contributed by atoms with Crippen LogP contribution >= 0.6 is 0 Å². The molecule has 21 heavy (non-hydrogen) atoms. The van der Waals surface area contributed by atoms with Crippen molar-refractivity contribution in [1.82, 2.24) is 10.2 Å². The predicted molar refractivity (Wildman–Crippen MR) is 78.1 cm³/mol. The molecule has 2 heterocycles. The lowest BCUT2D eigenvalue weighted by Crippen LogP contribution is -2.57. The molecule has 2 fully saturated rings. The lowest BCUT2D eigenvalue weighted by atomic mass is 9.98. The van der Waals surface area contributed by atoms with Gasteiger partial charge in [0.2, 0.25) is 0 Å². The molecule has 1 amide bonds. The van der Waals surface area contributed by atoms with Crippen molar-refractivity contribution in [3.8, 4) is 0 Å². The van der Waals surface area contributed by atoms with Crippen molar-refractivity contribution in [1.29, 1.82) is 0 Å². The Morgan fingerprint density at radius 1 is 1.29 bits per heavy atom. The van der Waals surface area contributed by atoms with Gasteiger partial charge >= 0.3 is 6.09 Å². The van der Waals surface area contributed by atoms with Crippen LogP contribution in [0.1, 0.15) is 40.0 Å². The summed E-state index contributed by atoms with van der Waals surface area (Å²) >= 11 is 0. The highest BCUT2D eigenvalue weighted by atomic mass is 19.1. The molecule has 0 aliphatic carbocycles. The van der Waals surface area contributed by atoms with Crippen LogP contribution in [0.5, 0.6) is 0 Å². The van der Waals surface area contributed by atoms with Gasteiger partial charge in [-0.1, -0.05) is 0 Å². The molecule has 2 rings (SSSR count). The Morgan fingerprint density at radius 3 is 2.52 bits per heavy atom. The number of amides is 1. The van der Waals surface area contributed by atoms with Crippen LogP contribution < -0.4 is 5.32 Å². The smallest absolute Gasteiger partial charge is 0.410 e. The normalized spacial score (nSPS) is 28.2. The Balaban J connectivity index is 2.14. The van der Waals surface area contributed by atoms with Crippen LogP contribution in [-0.2, 0) is 9.47 Å². The number of ether oxygens (including phenoxy) is 2. The number of halogens is 1. The molecule has 0 aromatic rings. The number of hydrogen-bond donors (Lipinski definition) is 1. The lowest BCUT2D eigenvalue weighted by Gasteiger charge is -2.43. The summed E-state index contributed by atoms with van der Waals surface area (Å²) in [5.74, 6) is 0. The maximum absolute atomic E-state index is 14.3. The Hall–Kier alpha value is -0.880. The fourth-order valence-corrected chi connectivity index (χ4v) is 2.96. The standard InChI is InChI=1S/C15H27FN2O3/c1-15(2,3)21-14(19)18(11-4-7-17-8-5-11)13-6-9-20-10-12(13)16/h11-13,17H,4-10H2,1-3H3/t12-,13+/m0/s1. The van der Waals surface area contributed by atoms with Crippen molar-refractivity contribution in [3.05, 3.63) is 0 Å². The Morgan fingerprint density at radius 2 is 1.95 bits per heavy atom. The van der Waals surface area contributed by atoms with E-state index in [0.29, 0.717) is 13.0 Å². The topological polar surface area (TPSA) is 50.8 Å². The van der Waals surface area contributed by atoms with E-state index >= 15 is 0 Å². The number of alkyl halides is 1. The summed E-state index contributed by atoms with van der Waals surface area (Å²) in [6, 6.07) is -0.390. The average Bonchev–Trinajstić information content (AvgIpc) is 2.40. The van der Waals surface area contributed by atoms with E-state index in [1.54, 1.807) is 4.90 Å². The average molecular weight is 302 g/mol. The highest BCUT2D eigenvalue weighted by molar-refractivity contribution is 5.69. The number of nitrogens with one attached hydrogen (secondary N) is 1. The molecule has 0 radical (unpaired) electrons. The maximum Gasteiger partial charge on any atom is 0.410 e. The highest BCUT2D eigenvalue weighted by Gasteiger charge is 2.40. The summed E-state index contributed by atoms with van der Waals surface area (Å²) in [7, 11) is 0. The quantitative estimate of drug-likeness (QED) is 0.849. The minimum atomic E-state index is -1.14. The monoisotopic (exact) mass is 302 g/mol. The van der Waals surface area contributed by atoms with E-state index in [1.165, 1.54) is 0 Å². The SMILES string of the molecule is CC(C)(C)OC(=O)N(C1CCNCC1)[C@@H]1CCOC[C@@H]1F. The number of carbonyl (C=O) groups is 1. The molecule has 2 atom stereocenters. The molecule has 1 N–H and O–H groups in total. The van der Waals surface area contributed by atoms with Crippen LogP contribution in [0.3, 0.4) is 0 Å². The van der Waals surface area contributed by atoms with Crippen molar-refractivity contribution >= 4 is 6.09 Å². The van der Waals surface area contributed by atoms with Crippen LogP contribution in [0.15, 0.2) is 0 Å². The largest absolute Gasteiger partial charge is 0.444 e. The summed E-state index contributed by atoms with van der Waals surface area (Å²) in [4.78, 5) is 14.2. The van der Waals surface area contributed by atoms with Gasteiger partial charge < -0.3 is 14.8 Å². The summed E-state index contributed by atoms with van der Waals surface area (Å²) < 4.78 is 24.9. The second-order valence-corrected chi connectivity index (χ2v) is 6.82. The van der Waals surface area contributed by atoms with Gasteiger partial charge in [-0.25, -0.2) is 9.18 Å². The van der Waals surface area contributed by atoms with Crippen LogP contribution in [-0.4, -0.2) is 61.2 Å². The molecule has 0 saturated carbocycles. The summed E-state index contributed by atoms with van der Waals surface area (Å²) in [6.45, 7) is 7.77. The van der Waals surface area contributed by atoms with Gasteiger partial charge in [0, 0.05) is 12.6 Å². The van der Waals surface area contributed by atoms with Gasteiger partial charge in [-0.05, 0) is 53.1 Å². The minimum absolute atomic E-state index is 0.0439. The first-order valence-electron chi connectivity index (χ1n) is 7.82.